The number of carbonyl (C=O) groups is 3. The Bertz CT molecular complexity index is 1330. The minimum Gasteiger partial charge on any atom is -0.481 e. The minimum absolute atomic E-state index is 0.00799. The second kappa shape index (κ2) is 12.4. The number of Topliss-reactive ketones (excluding diaryl/α,β-unsaturated/α-hetero) is 1. The molecule has 1 amide bonds. The predicted molar refractivity (Wildman–Crippen MR) is 160 cm³/mol. The molecule has 0 radical (unpaired) electrons. The number of hydrogen-bond acceptors (Lipinski definition) is 7. The first-order chi connectivity index (χ1) is 20.0. The number of nitrogens with zero attached hydrogens (tertiary/aromatic N) is 3. The first-order valence-electron chi connectivity index (χ1n) is 14.5. The van der Waals surface area contributed by atoms with E-state index in [9.17, 15) is 28.3 Å². The maximum atomic E-state index is 14.8. The summed E-state index contributed by atoms with van der Waals surface area (Å²) >= 11 is 12.4. The number of nitrogens with one attached hydrogen (secondary N) is 1. The van der Waals surface area contributed by atoms with Gasteiger partial charge in [-0.15, -0.1) is 0 Å². The number of halogens is 4. The highest BCUT2D eigenvalue weighted by atomic mass is 35.5. The molecule has 1 aromatic heterocycles. The predicted octanol–water partition coefficient (Wildman–Crippen LogP) is 5.50. The molecular weight excluding hydrogens is 603 g/mol. The molecule has 43 heavy (non-hydrogen) atoms. The fourth-order valence-electron chi connectivity index (χ4n) is 6.78. The topological polar surface area (TPSA) is 138 Å². The summed E-state index contributed by atoms with van der Waals surface area (Å²) in [5, 5.41) is 13.0. The van der Waals surface area contributed by atoms with Gasteiger partial charge in [0.05, 0.1) is 33.1 Å². The summed E-state index contributed by atoms with van der Waals surface area (Å²) in [6.45, 7) is 7.28. The first kappa shape index (κ1) is 33.3. The van der Waals surface area contributed by atoms with Gasteiger partial charge in [0.2, 0.25) is 0 Å². The lowest BCUT2D eigenvalue weighted by molar-refractivity contribution is -0.156. The molecule has 1 aromatic rings. The molecule has 13 heteroatoms. The van der Waals surface area contributed by atoms with Crippen LogP contribution in [0.25, 0.3) is 0 Å². The van der Waals surface area contributed by atoms with Crippen LogP contribution in [-0.2, 0) is 9.59 Å². The molecule has 0 aromatic carbocycles. The molecular formula is C30H39Cl2F2N5O4. The average molecular weight is 643 g/mol. The molecule has 4 atom stereocenters. The smallest absolute Gasteiger partial charge is 0.309 e. The van der Waals surface area contributed by atoms with Crippen LogP contribution in [-0.4, -0.2) is 69.1 Å². The highest BCUT2D eigenvalue weighted by molar-refractivity contribution is 6.39. The standard InChI is InChI=1S/C30H39Cl2F2N5O4/c1-16-19-11-29(4,27(42)43)9-10-30(19,37-16)38-24(25(33)34)18(12-35)26(41)39(17-5-7-28(2,3)8-6-17)15-22(40)23-20(31)13-36-14-21(23)32/h12-14,16-17,19,25,37H,5-11,15,35H2,1-4H3,(H,42,43)/t16-,19?,29?,30?/m1/s1. The van der Waals surface area contributed by atoms with E-state index in [0.717, 1.165) is 19.0 Å². The van der Waals surface area contributed by atoms with E-state index in [-0.39, 0.29) is 52.2 Å². The van der Waals surface area contributed by atoms with Gasteiger partial charge in [0.1, 0.15) is 11.4 Å². The molecule has 0 bridgehead atoms. The van der Waals surface area contributed by atoms with Crippen molar-refractivity contribution in [1.29, 1.82) is 0 Å². The third-order valence-electron chi connectivity index (χ3n) is 9.60. The van der Waals surface area contributed by atoms with Gasteiger partial charge in [-0.05, 0) is 64.2 Å². The molecule has 3 aliphatic rings. The second-order valence-corrected chi connectivity index (χ2v) is 14.0. The van der Waals surface area contributed by atoms with Crippen LogP contribution < -0.4 is 11.1 Å². The molecule has 2 saturated carbocycles. The zero-order chi connectivity index (χ0) is 31.9. The second-order valence-electron chi connectivity index (χ2n) is 13.1. The number of carboxylic acid groups (broad SMARTS) is 1. The van der Waals surface area contributed by atoms with Gasteiger partial charge in [0.15, 0.2) is 5.78 Å². The van der Waals surface area contributed by atoms with Crippen molar-refractivity contribution < 1.29 is 28.3 Å². The fourth-order valence-corrected chi connectivity index (χ4v) is 7.35. The van der Waals surface area contributed by atoms with Crippen molar-refractivity contribution in [2.24, 2.45) is 27.5 Å². The summed E-state index contributed by atoms with van der Waals surface area (Å²) in [5.74, 6) is -2.68. The van der Waals surface area contributed by atoms with Gasteiger partial charge < -0.3 is 15.7 Å². The van der Waals surface area contributed by atoms with Crippen molar-refractivity contribution in [2.75, 3.05) is 6.54 Å². The van der Waals surface area contributed by atoms with Crippen LogP contribution in [0.2, 0.25) is 10.0 Å². The molecule has 4 N–H and O–H groups in total. The van der Waals surface area contributed by atoms with Crippen molar-refractivity contribution in [1.82, 2.24) is 15.2 Å². The van der Waals surface area contributed by atoms with E-state index in [0.29, 0.717) is 12.8 Å². The number of ketones is 1. The van der Waals surface area contributed by atoms with Crippen LogP contribution in [0.5, 0.6) is 0 Å². The van der Waals surface area contributed by atoms with Crippen LogP contribution in [0, 0.1) is 16.7 Å². The Hall–Kier alpha value is -2.63. The van der Waals surface area contributed by atoms with E-state index in [4.69, 9.17) is 28.9 Å². The molecule has 236 valence electrons. The number of hydrogen-bond donors (Lipinski definition) is 3. The summed E-state index contributed by atoms with van der Waals surface area (Å²) in [4.78, 5) is 49.2. The van der Waals surface area contributed by atoms with Gasteiger partial charge >= 0.3 is 5.97 Å². The zero-order valence-electron chi connectivity index (χ0n) is 24.8. The molecule has 1 aliphatic heterocycles. The Balaban J connectivity index is 1.70. The lowest BCUT2D eigenvalue weighted by Gasteiger charge is -2.59. The number of pyridine rings is 1. The molecule has 4 rings (SSSR count). The monoisotopic (exact) mass is 641 g/mol. The normalized spacial score (nSPS) is 29.5. The van der Waals surface area contributed by atoms with Crippen molar-refractivity contribution in [3.8, 4) is 0 Å². The summed E-state index contributed by atoms with van der Waals surface area (Å²) in [6.07, 6.45) is 3.51. The summed E-state index contributed by atoms with van der Waals surface area (Å²) in [7, 11) is 0. The number of carboxylic acids is 1. The molecule has 1 saturated heterocycles. The van der Waals surface area contributed by atoms with Gasteiger partial charge in [0.25, 0.3) is 12.3 Å². The molecule has 3 fully saturated rings. The third kappa shape index (κ3) is 6.59. The lowest BCUT2D eigenvalue weighted by atomic mass is 9.59. The van der Waals surface area contributed by atoms with Crippen LogP contribution in [0.4, 0.5) is 8.78 Å². The Labute approximate surface area is 260 Å². The van der Waals surface area contributed by atoms with Crippen LogP contribution in [0.15, 0.2) is 29.2 Å². The number of nitrogens with two attached hydrogens (primary N) is 1. The van der Waals surface area contributed by atoms with E-state index in [1.807, 2.05) is 6.92 Å². The molecule has 9 nitrogen and oxygen atoms in total. The molecule has 0 spiro atoms. The lowest BCUT2D eigenvalue weighted by Crippen LogP contribution is -2.73. The van der Waals surface area contributed by atoms with E-state index in [1.54, 1.807) is 6.92 Å². The van der Waals surface area contributed by atoms with Gasteiger partial charge in [-0.2, -0.15) is 0 Å². The summed E-state index contributed by atoms with van der Waals surface area (Å²) < 4.78 is 29.5. The van der Waals surface area contributed by atoms with Gasteiger partial charge in [-0.25, -0.2) is 8.78 Å². The average Bonchev–Trinajstić information content (AvgIpc) is 2.92. The largest absolute Gasteiger partial charge is 0.481 e. The minimum atomic E-state index is -3.16. The van der Waals surface area contributed by atoms with Crippen molar-refractivity contribution in [2.45, 2.75) is 96.8 Å². The first-order valence-corrected chi connectivity index (χ1v) is 15.2. The van der Waals surface area contributed by atoms with Crippen LogP contribution in [0.1, 0.15) is 83.0 Å². The van der Waals surface area contributed by atoms with Crippen molar-refractivity contribution in [3.63, 3.8) is 0 Å². The van der Waals surface area contributed by atoms with Crippen LogP contribution >= 0.6 is 23.2 Å². The SMILES string of the molecule is C[C@H]1NC2(N=C(C(=CN)C(=O)N(CC(=O)c3c(Cl)cncc3Cl)C3CCC(C)(C)CC3)C(F)F)CCC(C)(C(=O)O)CC12. The number of aliphatic carboxylic acids is 1. The summed E-state index contributed by atoms with van der Waals surface area (Å²) in [5.41, 5.74) is 2.45. The Morgan fingerprint density at radius 1 is 1.16 bits per heavy atom. The van der Waals surface area contributed by atoms with Gasteiger partial charge in [0, 0.05) is 36.6 Å². The molecule has 2 aliphatic carbocycles. The quantitative estimate of drug-likeness (QED) is 0.184. The highest BCUT2D eigenvalue weighted by Crippen LogP contribution is 2.52. The number of carbonyl (C=O) groups excluding carboxylic acids is 2. The number of alkyl halides is 2. The maximum Gasteiger partial charge on any atom is 0.309 e. The number of fused-ring (bicyclic) bond motifs is 1. The van der Waals surface area contributed by atoms with E-state index < -0.39 is 59.0 Å². The van der Waals surface area contributed by atoms with Gasteiger partial charge in [-0.1, -0.05) is 37.0 Å². The molecule has 2 heterocycles. The van der Waals surface area contributed by atoms with Gasteiger partial charge in [-0.3, -0.25) is 29.7 Å². The van der Waals surface area contributed by atoms with Crippen molar-refractivity contribution >= 4 is 46.6 Å². The third-order valence-corrected chi connectivity index (χ3v) is 10.2. The Morgan fingerprint density at radius 2 is 1.77 bits per heavy atom. The number of aromatic nitrogens is 1. The Kier molecular flexibility index (Phi) is 9.59. The highest BCUT2D eigenvalue weighted by Gasteiger charge is 2.59. The van der Waals surface area contributed by atoms with E-state index in [2.05, 4.69) is 29.1 Å². The Morgan fingerprint density at radius 3 is 2.28 bits per heavy atom. The maximum absolute atomic E-state index is 14.8. The fraction of sp³-hybridized carbons (Fsp3) is 0.633. The van der Waals surface area contributed by atoms with E-state index >= 15 is 0 Å². The molecule has 3 unspecified atom stereocenters. The number of amides is 1. The van der Waals surface area contributed by atoms with E-state index in [1.165, 1.54) is 17.3 Å². The number of rotatable bonds is 9. The summed E-state index contributed by atoms with van der Waals surface area (Å²) in [6, 6.07) is -0.575. The number of aliphatic imine (C=N–C) groups is 1. The van der Waals surface area contributed by atoms with Crippen LogP contribution in [0.3, 0.4) is 0 Å². The van der Waals surface area contributed by atoms with Crippen molar-refractivity contribution in [3.05, 3.63) is 39.8 Å². The zero-order valence-corrected chi connectivity index (χ0v) is 26.3.